The number of nitrogens with one attached hydrogen (secondary N) is 1. The van der Waals surface area contributed by atoms with Crippen LogP contribution in [0.15, 0.2) is 36.4 Å². The van der Waals surface area contributed by atoms with Crippen molar-refractivity contribution in [2.75, 3.05) is 26.6 Å². The topological polar surface area (TPSA) is 77.0 Å². The van der Waals surface area contributed by atoms with Crippen molar-refractivity contribution in [3.05, 3.63) is 42.0 Å². The molecule has 0 bridgehead atoms. The Bertz CT molecular complexity index is 684. The van der Waals surface area contributed by atoms with Gasteiger partial charge in [-0.25, -0.2) is 4.79 Å². The van der Waals surface area contributed by atoms with Gasteiger partial charge in [0.2, 0.25) is 0 Å². The van der Waals surface area contributed by atoms with Gasteiger partial charge in [0, 0.05) is 11.8 Å². The van der Waals surface area contributed by atoms with Gasteiger partial charge >= 0.3 is 5.97 Å². The lowest BCUT2D eigenvalue weighted by atomic mass is 10.1. The summed E-state index contributed by atoms with van der Waals surface area (Å²) in [6, 6.07) is 9.92. The van der Waals surface area contributed by atoms with Gasteiger partial charge in [-0.3, -0.25) is 0 Å². The molecule has 6 nitrogen and oxygen atoms in total. The van der Waals surface area contributed by atoms with Gasteiger partial charge < -0.3 is 24.6 Å². The Labute approximate surface area is 128 Å². The van der Waals surface area contributed by atoms with Crippen LogP contribution >= 0.6 is 0 Å². The summed E-state index contributed by atoms with van der Waals surface area (Å²) in [5.74, 6) is 0.720. The summed E-state index contributed by atoms with van der Waals surface area (Å²) in [6.45, 7) is 0. The molecule has 0 aromatic heterocycles. The van der Waals surface area contributed by atoms with Crippen molar-refractivity contribution in [3.8, 4) is 17.2 Å². The van der Waals surface area contributed by atoms with Gasteiger partial charge in [0.05, 0.1) is 32.6 Å². The maximum atomic E-state index is 11.1. The van der Waals surface area contributed by atoms with Crippen LogP contribution in [0.1, 0.15) is 10.4 Å². The fourth-order valence-electron chi connectivity index (χ4n) is 2.01. The standard InChI is InChI=1S/C16H17NO5/c1-20-13-6-4-10(16(18)19)8-12(13)17-11-5-7-14(21-2)15(9-11)22-3/h4-9,17H,1-3H3,(H,18,19). The molecule has 2 aromatic rings. The molecule has 0 spiro atoms. The molecule has 0 atom stereocenters. The summed E-state index contributed by atoms with van der Waals surface area (Å²) in [5.41, 5.74) is 1.44. The predicted molar refractivity (Wildman–Crippen MR) is 82.8 cm³/mol. The minimum absolute atomic E-state index is 0.170. The Balaban J connectivity index is 2.37. The Hall–Kier alpha value is -2.89. The second-order valence-electron chi connectivity index (χ2n) is 4.41. The van der Waals surface area contributed by atoms with E-state index in [9.17, 15) is 4.79 Å². The van der Waals surface area contributed by atoms with Crippen LogP contribution in [0.2, 0.25) is 0 Å². The quantitative estimate of drug-likeness (QED) is 0.853. The first-order valence-corrected chi connectivity index (χ1v) is 6.49. The molecule has 0 amide bonds. The summed E-state index contributed by atoms with van der Waals surface area (Å²) in [7, 11) is 4.63. The van der Waals surface area contributed by atoms with Crippen molar-refractivity contribution in [2.24, 2.45) is 0 Å². The molecule has 0 aliphatic rings. The van der Waals surface area contributed by atoms with E-state index in [1.165, 1.54) is 19.2 Å². The van der Waals surface area contributed by atoms with E-state index in [1.54, 1.807) is 38.5 Å². The van der Waals surface area contributed by atoms with E-state index >= 15 is 0 Å². The van der Waals surface area contributed by atoms with Crippen LogP contribution in [-0.4, -0.2) is 32.4 Å². The number of benzene rings is 2. The van der Waals surface area contributed by atoms with E-state index in [0.29, 0.717) is 22.9 Å². The molecule has 22 heavy (non-hydrogen) atoms. The van der Waals surface area contributed by atoms with Crippen LogP contribution in [0.5, 0.6) is 17.2 Å². The lowest BCUT2D eigenvalue weighted by Gasteiger charge is -2.14. The predicted octanol–water partition coefficient (Wildman–Crippen LogP) is 3.15. The Morgan fingerprint density at radius 3 is 2.14 bits per heavy atom. The Morgan fingerprint density at radius 1 is 0.909 bits per heavy atom. The van der Waals surface area contributed by atoms with E-state index in [4.69, 9.17) is 19.3 Å². The fourth-order valence-corrected chi connectivity index (χ4v) is 2.01. The minimum atomic E-state index is -1.00. The van der Waals surface area contributed by atoms with Crippen LogP contribution in [0.3, 0.4) is 0 Å². The van der Waals surface area contributed by atoms with Gasteiger partial charge in [0.15, 0.2) is 11.5 Å². The number of carbonyl (C=O) groups is 1. The van der Waals surface area contributed by atoms with Gasteiger partial charge in [0.25, 0.3) is 0 Å². The summed E-state index contributed by atoms with van der Waals surface area (Å²) < 4.78 is 15.7. The third-order valence-electron chi connectivity index (χ3n) is 3.11. The van der Waals surface area contributed by atoms with Crippen LogP contribution in [0.4, 0.5) is 11.4 Å². The number of carboxylic acid groups (broad SMARTS) is 1. The molecule has 2 aromatic carbocycles. The first-order valence-electron chi connectivity index (χ1n) is 6.49. The number of hydrogen-bond donors (Lipinski definition) is 2. The molecular weight excluding hydrogens is 286 g/mol. The van der Waals surface area contributed by atoms with Crippen LogP contribution in [0, 0.1) is 0 Å². The summed E-state index contributed by atoms with van der Waals surface area (Å²) >= 11 is 0. The highest BCUT2D eigenvalue weighted by Gasteiger charge is 2.11. The van der Waals surface area contributed by atoms with Crippen LogP contribution in [0.25, 0.3) is 0 Å². The van der Waals surface area contributed by atoms with Crippen LogP contribution in [-0.2, 0) is 0 Å². The van der Waals surface area contributed by atoms with Gasteiger partial charge in [-0.2, -0.15) is 0 Å². The molecule has 6 heteroatoms. The second-order valence-corrected chi connectivity index (χ2v) is 4.41. The Morgan fingerprint density at radius 2 is 1.55 bits per heavy atom. The van der Waals surface area contributed by atoms with E-state index in [0.717, 1.165) is 5.69 Å². The molecule has 0 saturated heterocycles. The van der Waals surface area contributed by atoms with Gasteiger partial charge in [-0.15, -0.1) is 0 Å². The molecule has 0 aliphatic carbocycles. The van der Waals surface area contributed by atoms with Crippen molar-refractivity contribution >= 4 is 17.3 Å². The maximum absolute atomic E-state index is 11.1. The molecule has 0 aliphatic heterocycles. The van der Waals surface area contributed by atoms with Gasteiger partial charge in [-0.1, -0.05) is 0 Å². The van der Waals surface area contributed by atoms with Gasteiger partial charge in [0.1, 0.15) is 5.75 Å². The first kappa shape index (κ1) is 15.5. The van der Waals surface area contributed by atoms with E-state index in [-0.39, 0.29) is 5.56 Å². The number of methoxy groups -OCH3 is 3. The normalized spacial score (nSPS) is 9.95. The average Bonchev–Trinajstić information content (AvgIpc) is 2.54. The molecule has 0 radical (unpaired) electrons. The zero-order valence-corrected chi connectivity index (χ0v) is 12.5. The molecule has 2 rings (SSSR count). The minimum Gasteiger partial charge on any atom is -0.495 e. The summed E-state index contributed by atoms with van der Waals surface area (Å²) in [4.78, 5) is 11.1. The largest absolute Gasteiger partial charge is 0.495 e. The molecule has 2 N–H and O–H groups in total. The lowest BCUT2D eigenvalue weighted by molar-refractivity contribution is 0.0697. The number of hydrogen-bond acceptors (Lipinski definition) is 5. The lowest BCUT2D eigenvalue weighted by Crippen LogP contribution is -2.01. The highest BCUT2D eigenvalue weighted by Crippen LogP contribution is 2.34. The first-order chi connectivity index (χ1) is 10.6. The molecule has 0 saturated carbocycles. The van der Waals surface area contributed by atoms with E-state index in [2.05, 4.69) is 5.32 Å². The highest BCUT2D eigenvalue weighted by molar-refractivity contribution is 5.90. The second kappa shape index (κ2) is 6.71. The van der Waals surface area contributed by atoms with E-state index < -0.39 is 5.97 Å². The molecular formula is C16H17NO5. The zero-order valence-electron chi connectivity index (χ0n) is 12.5. The van der Waals surface area contributed by atoms with Crippen molar-refractivity contribution in [3.63, 3.8) is 0 Å². The third-order valence-corrected chi connectivity index (χ3v) is 3.11. The van der Waals surface area contributed by atoms with E-state index in [1.807, 2.05) is 0 Å². The highest BCUT2D eigenvalue weighted by atomic mass is 16.5. The SMILES string of the molecule is COc1ccc(C(=O)O)cc1Nc1ccc(OC)c(OC)c1. The van der Waals surface area contributed by atoms with Gasteiger partial charge in [-0.05, 0) is 30.3 Å². The van der Waals surface area contributed by atoms with Crippen molar-refractivity contribution in [1.29, 1.82) is 0 Å². The number of aromatic carboxylic acids is 1. The number of carboxylic acids is 1. The zero-order chi connectivity index (χ0) is 16.1. The van der Waals surface area contributed by atoms with Crippen molar-refractivity contribution in [1.82, 2.24) is 0 Å². The smallest absolute Gasteiger partial charge is 0.335 e. The number of ether oxygens (including phenoxy) is 3. The van der Waals surface area contributed by atoms with Crippen molar-refractivity contribution in [2.45, 2.75) is 0 Å². The molecule has 116 valence electrons. The number of rotatable bonds is 6. The molecule has 0 unspecified atom stereocenters. The number of anilines is 2. The molecule has 0 fully saturated rings. The monoisotopic (exact) mass is 303 g/mol. The van der Waals surface area contributed by atoms with Crippen molar-refractivity contribution < 1.29 is 24.1 Å². The molecule has 0 heterocycles. The third kappa shape index (κ3) is 3.22. The summed E-state index contributed by atoms with van der Waals surface area (Å²) in [6.07, 6.45) is 0. The Kier molecular flexibility index (Phi) is 4.73. The summed E-state index contributed by atoms with van der Waals surface area (Å²) in [5, 5.41) is 12.2. The van der Waals surface area contributed by atoms with Crippen LogP contribution < -0.4 is 19.5 Å². The fraction of sp³-hybridized carbons (Fsp3) is 0.188. The average molecular weight is 303 g/mol. The maximum Gasteiger partial charge on any atom is 0.335 e.